The van der Waals surface area contributed by atoms with Crippen LogP contribution in [0.25, 0.3) is 0 Å². The first-order valence-electron chi connectivity index (χ1n) is 8.36. The Labute approximate surface area is 149 Å². The summed E-state index contributed by atoms with van der Waals surface area (Å²) in [5.74, 6) is 1.40. The predicted octanol–water partition coefficient (Wildman–Crippen LogP) is 3.31. The molecule has 0 fully saturated rings. The van der Waals surface area contributed by atoms with E-state index in [1.54, 1.807) is 7.05 Å². The third-order valence-electron chi connectivity index (χ3n) is 3.62. The first-order chi connectivity index (χ1) is 11.8. The summed E-state index contributed by atoms with van der Waals surface area (Å²) in [6, 6.07) is 14.5. The van der Waals surface area contributed by atoms with Gasteiger partial charge in [0.05, 0.1) is 13.2 Å². The summed E-state index contributed by atoms with van der Waals surface area (Å²) in [5, 5.41) is 8.79. The lowest BCUT2D eigenvalue weighted by molar-refractivity contribution is 0.125. The number of hydrogen-bond donors (Lipinski definition) is 2. The van der Waals surface area contributed by atoms with Gasteiger partial charge in [0.15, 0.2) is 5.96 Å². The molecule has 1 unspecified atom stereocenters. The summed E-state index contributed by atoms with van der Waals surface area (Å²) < 4.78 is 5.67. The van der Waals surface area contributed by atoms with Crippen LogP contribution in [0.5, 0.6) is 0 Å². The van der Waals surface area contributed by atoms with Gasteiger partial charge in [0.2, 0.25) is 0 Å². The minimum atomic E-state index is 0.566. The van der Waals surface area contributed by atoms with Gasteiger partial charge in [-0.25, -0.2) is 0 Å². The normalized spacial score (nSPS) is 12.8. The quantitative estimate of drug-likeness (QED) is 0.416. The van der Waals surface area contributed by atoms with E-state index in [4.69, 9.17) is 4.74 Å². The molecule has 1 atom stereocenters. The van der Waals surface area contributed by atoms with E-state index < -0.39 is 0 Å². The van der Waals surface area contributed by atoms with Crippen LogP contribution in [0.4, 0.5) is 0 Å². The standard InChI is InChI=1S/C19H27N3OS/c1-16(13-18-9-6-12-24-18)14-22-19(20-2)21-10-11-23-15-17-7-4-3-5-8-17/h3-9,12,16H,10-11,13-15H2,1-2H3,(H2,20,21,22). The molecule has 1 heterocycles. The Kier molecular flexibility index (Phi) is 8.35. The van der Waals surface area contributed by atoms with Crippen molar-refractivity contribution in [3.05, 3.63) is 58.3 Å². The second kappa shape index (κ2) is 10.8. The molecule has 2 N–H and O–H groups in total. The van der Waals surface area contributed by atoms with Crippen molar-refractivity contribution in [1.82, 2.24) is 10.6 Å². The van der Waals surface area contributed by atoms with Crippen LogP contribution in [0.15, 0.2) is 52.8 Å². The highest BCUT2D eigenvalue weighted by Crippen LogP contribution is 2.13. The Balaban J connectivity index is 1.57. The van der Waals surface area contributed by atoms with Gasteiger partial charge < -0.3 is 15.4 Å². The molecular weight excluding hydrogens is 318 g/mol. The lowest BCUT2D eigenvalue weighted by Gasteiger charge is -2.15. The third-order valence-corrected chi connectivity index (χ3v) is 4.52. The smallest absolute Gasteiger partial charge is 0.191 e. The van der Waals surface area contributed by atoms with Crippen molar-refractivity contribution in [2.75, 3.05) is 26.7 Å². The molecule has 0 amide bonds. The SMILES string of the molecule is CN=C(NCCOCc1ccccc1)NCC(C)Cc1cccs1. The minimum Gasteiger partial charge on any atom is -0.375 e. The number of ether oxygens (including phenoxy) is 1. The van der Waals surface area contributed by atoms with Crippen molar-refractivity contribution in [1.29, 1.82) is 0 Å². The highest BCUT2D eigenvalue weighted by atomic mass is 32.1. The van der Waals surface area contributed by atoms with Crippen LogP contribution in [0.1, 0.15) is 17.4 Å². The molecule has 0 saturated carbocycles. The van der Waals surface area contributed by atoms with E-state index in [9.17, 15) is 0 Å². The number of rotatable bonds is 9. The van der Waals surface area contributed by atoms with Crippen molar-refractivity contribution in [2.24, 2.45) is 10.9 Å². The average Bonchev–Trinajstić information content (AvgIpc) is 3.11. The van der Waals surface area contributed by atoms with Gasteiger partial charge in [-0.2, -0.15) is 0 Å². The summed E-state index contributed by atoms with van der Waals surface area (Å²) in [5.41, 5.74) is 1.20. The second-order valence-electron chi connectivity index (χ2n) is 5.81. The molecule has 0 aliphatic carbocycles. The lowest BCUT2D eigenvalue weighted by Crippen LogP contribution is -2.41. The summed E-state index contributed by atoms with van der Waals surface area (Å²) in [6.45, 7) is 5.20. The van der Waals surface area contributed by atoms with E-state index in [1.165, 1.54) is 10.4 Å². The van der Waals surface area contributed by atoms with Gasteiger partial charge in [0.25, 0.3) is 0 Å². The van der Waals surface area contributed by atoms with E-state index in [0.29, 0.717) is 19.1 Å². The first-order valence-corrected chi connectivity index (χ1v) is 9.24. The molecule has 130 valence electrons. The van der Waals surface area contributed by atoms with E-state index in [0.717, 1.165) is 25.5 Å². The molecule has 0 bridgehead atoms. The summed E-state index contributed by atoms with van der Waals surface area (Å²) in [6.07, 6.45) is 1.10. The minimum absolute atomic E-state index is 0.566. The highest BCUT2D eigenvalue weighted by Gasteiger charge is 2.06. The molecule has 0 aliphatic heterocycles. The van der Waals surface area contributed by atoms with E-state index in [1.807, 2.05) is 29.5 Å². The maximum atomic E-state index is 5.67. The average molecular weight is 346 g/mol. The van der Waals surface area contributed by atoms with Crippen molar-refractivity contribution in [3.8, 4) is 0 Å². The molecule has 2 rings (SSSR count). The van der Waals surface area contributed by atoms with E-state index in [2.05, 4.69) is 52.2 Å². The summed E-state index contributed by atoms with van der Waals surface area (Å²) >= 11 is 1.82. The molecule has 4 nitrogen and oxygen atoms in total. The fourth-order valence-electron chi connectivity index (χ4n) is 2.34. The number of nitrogens with zero attached hydrogens (tertiary/aromatic N) is 1. The van der Waals surface area contributed by atoms with Crippen molar-refractivity contribution < 1.29 is 4.74 Å². The second-order valence-corrected chi connectivity index (χ2v) is 6.84. The topological polar surface area (TPSA) is 45.7 Å². The Morgan fingerprint density at radius 2 is 2.00 bits per heavy atom. The Bertz CT molecular complexity index is 584. The maximum Gasteiger partial charge on any atom is 0.191 e. The molecule has 1 aromatic heterocycles. The highest BCUT2D eigenvalue weighted by molar-refractivity contribution is 7.09. The number of nitrogens with one attached hydrogen (secondary N) is 2. The molecule has 5 heteroatoms. The van der Waals surface area contributed by atoms with Gasteiger partial charge in [-0.1, -0.05) is 43.3 Å². The van der Waals surface area contributed by atoms with Crippen molar-refractivity contribution in [2.45, 2.75) is 20.0 Å². The molecule has 2 aromatic rings. The molecule has 1 aromatic carbocycles. The van der Waals surface area contributed by atoms with Crippen LogP contribution in [-0.4, -0.2) is 32.7 Å². The van der Waals surface area contributed by atoms with Gasteiger partial charge in [-0.05, 0) is 29.3 Å². The zero-order valence-electron chi connectivity index (χ0n) is 14.5. The van der Waals surface area contributed by atoms with Gasteiger partial charge in [0, 0.05) is 25.0 Å². The Hall–Kier alpha value is -1.85. The number of aliphatic imine (C=N–C) groups is 1. The molecular formula is C19H27N3OS. The predicted molar refractivity (Wildman–Crippen MR) is 103 cm³/mol. The zero-order valence-corrected chi connectivity index (χ0v) is 15.3. The molecule has 0 aliphatic rings. The van der Waals surface area contributed by atoms with Crippen LogP contribution < -0.4 is 10.6 Å². The van der Waals surface area contributed by atoms with Crippen LogP contribution in [-0.2, 0) is 17.8 Å². The Morgan fingerprint density at radius 3 is 2.71 bits per heavy atom. The maximum absolute atomic E-state index is 5.67. The monoisotopic (exact) mass is 345 g/mol. The van der Waals surface area contributed by atoms with Crippen molar-refractivity contribution >= 4 is 17.3 Å². The largest absolute Gasteiger partial charge is 0.375 e. The number of hydrogen-bond acceptors (Lipinski definition) is 3. The number of benzene rings is 1. The van der Waals surface area contributed by atoms with Gasteiger partial charge >= 0.3 is 0 Å². The zero-order chi connectivity index (χ0) is 17.0. The summed E-state index contributed by atoms with van der Waals surface area (Å²) in [7, 11) is 1.80. The van der Waals surface area contributed by atoms with Gasteiger partial charge in [0.1, 0.15) is 0 Å². The molecule has 24 heavy (non-hydrogen) atoms. The van der Waals surface area contributed by atoms with Gasteiger partial charge in [-0.3, -0.25) is 4.99 Å². The van der Waals surface area contributed by atoms with Gasteiger partial charge in [-0.15, -0.1) is 11.3 Å². The van der Waals surface area contributed by atoms with E-state index in [-0.39, 0.29) is 0 Å². The molecule has 0 saturated heterocycles. The van der Waals surface area contributed by atoms with Crippen LogP contribution in [0.2, 0.25) is 0 Å². The third kappa shape index (κ3) is 7.15. The Morgan fingerprint density at radius 1 is 1.17 bits per heavy atom. The van der Waals surface area contributed by atoms with Crippen LogP contribution in [0.3, 0.4) is 0 Å². The fraction of sp³-hybridized carbons (Fsp3) is 0.421. The summed E-state index contributed by atoms with van der Waals surface area (Å²) in [4.78, 5) is 5.69. The molecule has 0 radical (unpaired) electrons. The fourth-order valence-corrected chi connectivity index (χ4v) is 3.21. The number of thiophene rings is 1. The van der Waals surface area contributed by atoms with Crippen LogP contribution in [0, 0.1) is 5.92 Å². The molecule has 0 spiro atoms. The first kappa shape index (κ1) is 18.5. The lowest BCUT2D eigenvalue weighted by atomic mass is 10.1. The van der Waals surface area contributed by atoms with Crippen LogP contribution >= 0.6 is 11.3 Å². The van der Waals surface area contributed by atoms with E-state index >= 15 is 0 Å². The number of guanidine groups is 1. The van der Waals surface area contributed by atoms with Crippen molar-refractivity contribution in [3.63, 3.8) is 0 Å².